The standard InChI is InChI=1S/C51H32BrN5/c52-39-29-38(30-40(32-39)56-45-20-10-7-17-41(45)42-18-8-11-21-46(42)56)50-53-49(36-25-23-35(24-26-36)33-13-3-1-4-14-33)54-51(55-50)57-47-22-12-9-19-43(47)44-31-37(27-28-48(44)57)34-15-5-2-6-16-34/h1-32H. The van der Waals surface area contributed by atoms with Crippen molar-refractivity contribution in [3.8, 4) is 56.7 Å². The Labute approximate surface area is 337 Å². The van der Waals surface area contributed by atoms with Crippen LogP contribution in [0.25, 0.3) is 100 Å². The van der Waals surface area contributed by atoms with E-state index in [1.165, 1.54) is 16.3 Å². The Kier molecular flexibility index (Phi) is 7.90. The third kappa shape index (κ3) is 5.73. The van der Waals surface area contributed by atoms with Crippen molar-refractivity contribution < 1.29 is 0 Å². The number of hydrogen-bond acceptors (Lipinski definition) is 3. The van der Waals surface area contributed by atoms with E-state index in [4.69, 9.17) is 15.0 Å². The number of benzene rings is 8. The SMILES string of the molecule is Brc1cc(-c2nc(-c3ccc(-c4ccccc4)cc3)nc(-n3c4ccccc4c4cc(-c5ccccc5)ccc43)n2)cc(-n2c3ccccc3c3ccccc32)c1. The first-order valence-electron chi connectivity index (χ1n) is 19.0. The van der Waals surface area contributed by atoms with Crippen LogP contribution in [0.15, 0.2) is 199 Å². The summed E-state index contributed by atoms with van der Waals surface area (Å²) in [5.74, 6) is 1.73. The predicted octanol–water partition coefficient (Wildman–Crippen LogP) is 13.5. The first-order valence-corrected chi connectivity index (χ1v) is 19.8. The van der Waals surface area contributed by atoms with Crippen LogP contribution in [0.4, 0.5) is 0 Å². The molecule has 0 aliphatic rings. The van der Waals surface area contributed by atoms with E-state index < -0.39 is 0 Å². The normalized spacial score (nSPS) is 11.6. The Morgan fingerprint density at radius 2 is 0.772 bits per heavy atom. The van der Waals surface area contributed by atoms with E-state index in [2.05, 4.69) is 213 Å². The maximum Gasteiger partial charge on any atom is 0.238 e. The van der Waals surface area contributed by atoms with Gasteiger partial charge in [-0.2, -0.15) is 9.97 Å². The fourth-order valence-corrected chi connectivity index (χ4v) is 8.68. The summed E-state index contributed by atoms with van der Waals surface area (Å²) in [5.41, 5.74) is 11.8. The molecule has 0 atom stereocenters. The molecule has 57 heavy (non-hydrogen) atoms. The molecular formula is C51H32BrN5. The fraction of sp³-hybridized carbons (Fsp3) is 0. The Hall–Kier alpha value is -7.15. The van der Waals surface area contributed by atoms with Gasteiger partial charge in [0.05, 0.1) is 22.1 Å². The van der Waals surface area contributed by atoms with E-state index in [9.17, 15) is 0 Å². The van der Waals surface area contributed by atoms with Gasteiger partial charge in [0, 0.05) is 42.8 Å². The number of hydrogen-bond donors (Lipinski definition) is 0. The number of aromatic nitrogens is 5. The second-order valence-electron chi connectivity index (χ2n) is 14.2. The molecule has 11 aromatic rings. The second kappa shape index (κ2) is 13.6. The first-order chi connectivity index (χ1) is 28.2. The Morgan fingerprint density at radius 1 is 0.316 bits per heavy atom. The lowest BCUT2D eigenvalue weighted by atomic mass is 10.0. The Balaban J connectivity index is 1.14. The zero-order valence-corrected chi connectivity index (χ0v) is 32.2. The number of para-hydroxylation sites is 3. The molecule has 5 nitrogen and oxygen atoms in total. The molecule has 11 rings (SSSR count). The van der Waals surface area contributed by atoms with Crippen LogP contribution in [0.1, 0.15) is 0 Å². The number of fused-ring (bicyclic) bond motifs is 6. The molecular weight excluding hydrogens is 762 g/mol. The minimum absolute atomic E-state index is 0.555. The molecule has 3 heterocycles. The van der Waals surface area contributed by atoms with Crippen molar-refractivity contribution in [1.82, 2.24) is 24.1 Å². The molecule has 0 aliphatic carbocycles. The van der Waals surface area contributed by atoms with Gasteiger partial charge in [0.2, 0.25) is 5.95 Å². The van der Waals surface area contributed by atoms with Gasteiger partial charge >= 0.3 is 0 Å². The molecule has 3 aromatic heterocycles. The van der Waals surface area contributed by atoms with Crippen LogP contribution in [-0.2, 0) is 0 Å². The molecule has 0 aliphatic heterocycles. The summed E-state index contributed by atoms with van der Waals surface area (Å²) >= 11 is 3.88. The molecule has 0 saturated heterocycles. The molecule has 0 bridgehead atoms. The van der Waals surface area contributed by atoms with E-state index in [-0.39, 0.29) is 0 Å². The van der Waals surface area contributed by atoms with Crippen LogP contribution in [-0.4, -0.2) is 24.1 Å². The molecule has 0 radical (unpaired) electrons. The van der Waals surface area contributed by atoms with Gasteiger partial charge < -0.3 is 4.57 Å². The van der Waals surface area contributed by atoms with Crippen molar-refractivity contribution in [2.45, 2.75) is 0 Å². The summed E-state index contributed by atoms with van der Waals surface area (Å²) in [6, 6.07) is 68.1. The number of rotatable bonds is 6. The van der Waals surface area contributed by atoms with Crippen LogP contribution >= 0.6 is 15.9 Å². The zero-order valence-electron chi connectivity index (χ0n) is 30.6. The van der Waals surface area contributed by atoms with Crippen LogP contribution in [0.3, 0.4) is 0 Å². The summed E-state index contributed by atoms with van der Waals surface area (Å²) in [7, 11) is 0. The lowest BCUT2D eigenvalue weighted by Crippen LogP contribution is -2.06. The summed E-state index contributed by atoms with van der Waals surface area (Å²) in [6.45, 7) is 0. The highest BCUT2D eigenvalue weighted by atomic mass is 79.9. The van der Waals surface area contributed by atoms with Gasteiger partial charge in [-0.3, -0.25) is 4.57 Å². The summed E-state index contributed by atoms with van der Waals surface area (Å²) < 4.78 is 5.43. The third-order valence-electron chi connectivity index (χ3n) is 10.8. The van der Waals surface area contributed by atoms with Gasteiger partial charge in [0.25, 0.3) is 0 Å². The summed E-state index contributed by atoms with van der Waals surface area (Å²) in [6.07, 6.45) is 0. The van der Waals surface area contributed by atoms with Crippen molar-refractivity contribution in [2.75, 3.05) is 0 Å². The highest BCUT2D eigenvalue weighted by Gasteiger charge is 2.20. The van der Waals surface area contributed by atoms with E-state index in [1.54, 1.807) is 0 Å². The van der Waals surface area contributed by atoms with E-state index in [1.807, 2.05) is 6.07 Å². The van der Waals surface area contributed by atoms with Gasteiger partial charge in [0.15, 0.2) is 11.6 Å². The van der Waals surface area contributed by atoms with Gasteiger partial charge in [0.1, 0.15) is 0 Å². The van der Waals surface area contributed by atoms with Crippen molar-refractivity contribution in [2.24, 2.45) is 0 Å². The Morgan fingerprint density at radius 3 is 1.40 bits per heavy atom. The van der Waals surface area contributed by atoms with Gasteiger partial charge in [-0.05, 0) is 70.8 Å². The highest BCUT2D eigenvalue weighted by molar-refractivity contribution is 9.10. The van der Waals surface area contributed by atoms with Crippen LogP contribution < -0.4 is 0 Å². The van der Waals surface area contributed by atoms with Crippen molar-refractivity contribution >= 4 is 59.5 Å². The average Bonchev–Trinajstić information content (AvgIpc) is 3.79. The molecule has 268 valence electrons. The van der Waals surface area contributed by atoms with Gasteiger partial charge in [-0.15, -0.1) is 0 Å². The first kappa shape index (κ1) is 33.2. The maximum atomic E-state index is 5.32. The molecule has 0 N–H and O–H groups in total. The lowest BCUT2D eigenvalue weighted by molar-refractivity contribution is 0.953. The molecule has 6 heteroatoms. The molecule has 0 amide bonds. The van der Waals surface area contributed by atoms with Crippen molar-refractivity contribution in [1.29, 1.82) is 0 Å². The molecule has 8 aromatic carbocycles. The van der Waals surface area contributed by atoms with Crippen LogP contribution in [0.2, 0.25) is 0 Å². The number of halogens is 1. The predicted molar refractivity (Wildman–Crippen MR) is 238 cm³/mol. The molecule has 0 fully saturated rings. The number of nitrogens with zero attached hydrogens (tertiary/aromatic N) is 5. The third-order valence-corrected chi connectivity index (χ3v) is 11.3. The van der Waals surface area contributed by atoms with E-state index in [0.29, 0.717) is 17.6 Å². The lowest BCUT2D eigenvalue weighted by Gasteiger charge is -2.13. The smallest absolute Gasteiger partial charge is 0.238 e. The van der Waals surface area contributed by atoms with E-state index >= 15 is 0 Å². The zero-order chi connectivity index (χ0) is 37.9. The molecule has 0 spiro atoms. The Bertz CT molecular complexity index is 3240. The topological polar surface area (TPSA) is 48.5 Å². The largest absolute Gasteiger partial charge is 0.309 e. The highest BCUT2D eigenvalue weighted by Crippen LogP contribution is 2.37. The quantitative estimate of drug-likeness (QED) is 0.168. The second-order valence-corrected chi connectivity index (χ2v) is 15.2. The average molecular weight is 795 g/mol. The minimum Gasteiger partial charge on any atom is -0.309 e. The minimum atomic E-state index is 0.555. The summed E-state index contributed by atoms with van der Waals surface area (Å²) in [4.78, 5) is 15.8. The maximum absolute atomic E-state index is 5.32. The van der Waals surface area contributed by atoms with E-state index in [0.717, 1.165) is 70.8 Å². The van der Waals surface area contributed by atoms with Gasteiger partial charge in [-0.25, -0.2) is 4.98 Å². The monoisotopic (exact) mass is 793 g/mol. The molecule has 0 unspecified atom stereocenters. The summed E-state index contributed by atoms with van der Waals surface area (Å²) in [5, 5.41) is 4.69. The van der Waals surface area contributed by atoms with Crippen LogP contribution in [0, 0.1) is 0 Å². The van der Waals surface area contributed by atoms with Crippen molar-refractivity contribution in [3.05, 3.63) is 199 Å². The van der Waals surface area contributed by atoms with Crippen molar-refractivity contribution in [3.63, 3.8) is 0 Å². The van der Waals surface area contributed by atoms with Crippen LogP contribution in [0.5, 0.6) is 0 Å². The fourth-order valence-electron chi connectivity index (χ4n) is 8.20. The molecule has 0 saturated carbocycles. The van der Waals surface area contributed by atoms with Gasteiger partial charge in [-0.1, -0.05) is 162 Å².